The first kappa shape index (κ1) is 22.7. The predicted octanol–water partition coefficient (Wildman–Crippen LogP) is 5.94. The van der Waals surface area contributed by atoms with Crippen LogP contribution in [0.5, 0.6) is 0 Å². The van der Waals surface area contributed by atoms with Gasteiger partial charge in [-0.2, -0.15) is 0 Å². The van der Waals surface area contributed by atoms with Crippen molar-refractivity contribution < 1.29 is 19.4 Å². The zero-order chi connectivity index (χ0) is 18.9. The highest BCUT2D eigenvalue weighted by atomic mass is 16.7. The molecule has 0 aliphatic heterocycles. The second-order valence-electron chi connectivity index (χ2n) is 6.96. The van der Waals surface area contributed by atoms with Gasteiger partial charge in [0.2, 0.25) is 0 Å². The molecule has 148 valence electrons. The maximum Gasteiger partial charge on any atom is 0.305 e. The maximum atomic E-state index is 11.0. The van der Waals surface area contributed by atoms with Crippen LogP contribution in [0, 0.1) is 0 Å². The molecule has 26 heavy (non-hydrogen) atoms. The number of unbranched alkanes of at least 4 members (excludes halogenated alkanes) is 8. The summed E-state index contributed by atoms with van der Waals surface area (Å²) in [6, 6.07) is 9.90. The molecule has 1 rings (SSSR count). The molecule has 0 aliphatic carbocycles. The normalized spacial score (nSPS) is 12.2. The zero-order valence-electron chi connectivity index (χ0n) is 16.3. The molecule has 0 radical (unpaired) electrons. The highest BCUT2D eigenvalue weighted by Crippen LogP contribution is 2.14. The van der Waals surface area contributed by atoms with Crippen LogP contribution in [0.1, 0.15) is 83.1 Å². The van der Waals surface area contributed by atoms with Crippen molar-refractivity contribution in [3.63, 3.8) is 0 Å². The minimum Gasteiger partial charge on any atom is -0.481 e. The van der Waals surface area contributed by atoms with Gasteiger partial charge in [-0.1, -0.05) is 95.0 Å². The van der Waals surface area contributed by atoms with Gasteiger partial charge in [-0.15, -0.1) is 0 Å². The number of benzene rings is 1. The Bertz CT molecular complexity index is 447. The molecule has 0 saturated heterocycles. The molecule has 0 heterocycles. The number of rotatable bonds is 17. The largest absolute Gasteiger partial charge is 0.481 e. The fourth-order valence-electron chi connectivity index (χ4n) is 3.00. The number of carboxylic acids is 1. The van der Waals surface area contributed by atoms with Crippen LogP contribution in [0.3, 0.4) is 0 Å². The van der Waals surface area contributed by atoms with Crippen molar-refractivity contribution in [3.05, 3.63) is 35.9 Å². The van der Waals surface area contributed by atoms with Crippen molar-refractivity contribution in [2.75, 3.05) is 6.79 Å². The van der Waals surface area contributed by atoms with Crippen LogP contribution in [0.15, 0.2) is 30.3 Å². The Kier molecular flexibility index (Phi) is 13.8. The second-order valence-corrected chi connectivity index (χ2v) is 6.96. The Morgan fingerprint density at radius 3 is 2.19 bits per heavy atom. The molecular formula is C22H36O4. The van der Waals surface area contributed by atoms with Gasteiger partial charge in [0.1, 0.15) is 6.79 Å². The van der Waals surface area contributed by atoms with Gasteiger partial charge in [0.05, 0.1) is 19.1 Å². The van der Waals surface area contributed by atoms with E-state index in [2.05, 4.69) is 6.92 Å². The first-order valence-corrected chi connectivity index (χ1v) is 10.2. The SMILES string of the molecule is CCCCCCCCCCCC(CC(=O)O)OCOCc1ccccc1. The second kappa shape index (κ2) is 15.8. The molecule has 1 unspecified atom stereocenters. The smallest absolute Gasteiger partial charge is 0.305 e. The third kappa shape index (κ3) is 12.9. The molecule has 4 nitrogen and oxygen atoms in total. The summed E-state index contributed by atoms with van der Waals surface area (Å²) in [6.45, 7) is 2.87. The van der Waals surface area contributed by atoms with E-state index in [0.29, 0.717) is 6.61 Å². The lowest BCUT2D eigenvalue weighted by Crippen LogP contribution is -2.19. The van der Waals surface area contributed by atoms with Crippen molar-refractivity contribution in [2.24, 2.45) is 0 Å². The highest BCUT2D eigenvalue weighted by molar-refractivity contribution is 5.67. The van der Waals surface area contributed by atoms with E-state index < -0.39 is 5.97 Å². The molecule has 0 spiro atoms. The molecule has 1 aromatic rings. The molecule has 0 aromatic heterocycles. The summed E-state index contributed by atoms with van der Waals surface area (Å²) in [5.74, 6) is -0.811. The van der Waals surface area contributed by atoms with Crippen LogP contribution >= 0.6 is 0 Å². The lowest BCUT2D eigenvalue weighted by Gasteiger charge is -2.16. The molecule has 1 atom stereocenters. The van der Waals surface area contributed by atoms with Gasteiger partial charge in [0.15, 0.2) is 0 Å². The quantitative estimate of drug-likeness (QED) is 0.274. The van der Waals surface area contributed by atoms with Crippen LogP contribution in [0.25, 0.3) is 0 Å². The summed E-state index contributed by atoms with van der Waals surface area (Å²) in [6.07, 6.45) is 11.9. The predicted molar refractivity (Wildman–Crippen MR) is 105 cm³/mol. The number of carboxylic acid groups (broad SMARTS) is 1. The topological polar surface area (TPSA) is 55.8 Å². The van der Waals surface area contributed by atoms with Crippen molar-refractivity contribution in [1.29, 1.82) is 0 Å². The Morgan fingerprint density at radius 2 is 1.58 bits per heavy atom. The van der Waals surface area contributed by atoms with Crippen molar-refractivity contribution in [1.82, 2.24) is 0 Å². The van der Waals surface area contributed by atoms with E-state index in [1.54, 1.807) is 0 Å². The van der Waals surface area contributed by atoms with Crippen molar-refractivity contribution in [2.45, 2.75) is 90.3 Å². The van der Waals surface area contributed by atoms with Crippen LogP contribution < -0.4 is 0 Å². The lowest BCUT2D eigenvalue weighted by molar-refractivity contribution is -0.145. The Labute approximate surface area is 158 Å². The summed E-state index contributed by atoms with van der Waals surface area (Å²) in [7, 11) is 0. The van der Waals surface area contributed by atoms with Gasteiger partial charge in [0.25, 0.3) is 0 Å². The molecule has 1 aromatic carbocycles. The Morgan fingerprint density at radius 1 is 0.962 bits per heavy atom. The third-order valence-corrected chi connectivity index (χ3v) is 4.53. The van der Waals surface area contributed by atoms with Crippen LogP contribution in [-0.4, -0.2) is 24.0 Å². The number of ether oxygens (including phenoxy) is 2. The van der Waals surface area contributed by atoms with E-state index in [1.807, 2.05) is 30.3 Å². The Balaban J connectivity index is 2.08. The molecular weight excluding hydrogens is 328 g/mol. The molecule has 0 fully saturated rings. The summed E-state index contributed by atoms with van der Waals surface area (Å²) in [5.41, 5.74) is 1.09. The first-order valence-electron chi connectivity index (χ1n) is 10.2. The van der Waals surface area contributed by atoms with Gasteiger partial charge in [-0.3, -0.25) is 4.79 Å². The van der Waals surface area contributed by atoms with Gasteiger partial charge in [-0.25, -0.2) is 0 Å². The zero-order valence-corrected chi connectivity index (χ0v) is 16.3. The van der Waals surface area contributed by atoms with Crippen LogP contribution in [0.2, 0.25) is 0 Å². The summed E-state index contributed by atoms with van der Waals surface area (Å²) in [5, 5.41) is 9.04. The molecule has 1 N–H and O–H groups in total. The van der Waals surface area contributed by atoms with Gasteiger partial charge in [0, 0.05) is 0 Å². The number of hydrogen-bond donors (Lipinski definition) is 1. The fourth-order valence-corrected chi connectivity index (χ4v) is 3.00. The average molecular weight is 365 g/mol. The van der Waals surface area contributed by atoms with E-state index in [9.17, 15) is 4.79 Å². The van der Waals surface area contributed by atoms with E-state index in [4.69, 9.17) is 14.6 Å². The molecule has 0 saturated carbocycles. The Hall–Kier alpha value is -1.39. The number of hydrogen-bond acceptors (Lipinski definition) is 3. The molecule has 4 heteroatoms. The minimum atomic E-state index is -0.811. The molecule has 0 amide bonds. The standard InChI is InChI=1S/C22H36O4/c1-2-3-4-5-6-7-8-9-13-16-21(17-22(23)24)26-19-25-18-20-14-11-10-12-15-20/h10-12,14-15,21H,2-9,13,16-19H2,1H3,(H,23,24). The highest BCUT2D eigenvalue weighted by Gasteiger charge is 2.13. The molecule has 0 aliphatic rings. The van der Waals surface area contributed by atoms with Gasteiger partial charge in [-0.05, 0) is 12.0 Å². The summed E-state index contributed by atoms with van der Waals surface area (Å²) < 4.78 is 11.2. The first-order chi connectivity index (χ1) is 12.7. The van der Waals surface area contributed by atoms with E-state index >= 15 is 0 Å². The minimum absolute atomic E-state index is 0.0473. The lowest BCUT2D eigenvalue weighted by atomic mass is 10.0. The number of carbonyl (C=O) groups is 1. The fraction of sp³-hybridized carbons (Fsp3) is 0.682. The molecule has 0 bridgehead atoms. The van der Waals surface area contributed by atoms with Gasteiger partial charge < -0.3 is 14.6 Å². The van der Waals surface area contributed by atoms with Crippen molar-refractivity contribution >= 4 is 5.97 Å². The monoisotopic (exact) mass is 364 g/mol. The van der Waals surface area contributed by atoms with E-state index in [1.165, 1.54) is 44.9 Å². The van der Waals surface area contributed by atoms with E-state index in [-0.39, 0.29) is 19.3 Å². The summed E-state index contributed by atoms with van der Waals surface area (Å²) >= 11 is 0. The van der Waals surface area contributed by atoms with E-state index in [0.717, 1.165) is 24.8 Å². The third-order valence-electron chi connectivity index (χ3n) is 4.53. The number of aliphatic carboxylic acids is 1. The average Bonchev–Trinajstić information content (AvgIpc) is 2.64. The van der Waals surface area contributed by atoms with Crippen molar-refractivity contribution in [3.8, 4) is 0 Å². The maximum absolute atomic E-state index is 11.0. The summed E-state index contributed by atoms with van der Waals surface area (Å²) in [4.78, 5) is 11.0. The van der Waals surface area contributed by atoms with Crippen LogP contribution in [-0.2, 0) is 20.9 Å². The van der Waals surface area contributed by atoms with Gasteiger partial charge >= 0.3 is 5.97 Å². The van der Waals surface area contributed by atoms with Crippen LogP contribution in [0.4, 0.5) is 0 Å².